The molecule has 1 heterocycles. The summed E-state index contributed by atoms with van der Waals surface area (Å²) in [6.07, 6.45) is 0.631. The molecule has 4 nitrogen and oxygen atoms in total. The van der Waals surface area contributed by atoms with Crippen LogP contribution in [0.3, 0.4) is 0 Å². The van der Waals surface area contributed by atoms with Crippen molar-refractivity contribution in [1.82, 2.24) is 5.16 Å². The van der Waals surface area contributed by atoms with Crippen LogP contribution in [0.25, 0.3) is 11.1 Å². The average molecular weight is 201 g/mol. The fraction of sp³-hybridized carbons (Fsp3) is 0.0909. The molecule has 0 amide bonds. The Hall–Kier alpha value is -2.10. The first-order valence-corrected chi connectivity index (χ1v) is 4.57. The van der Waals surface area contributed by atoms with Gasteiger partial charge in [-0.3, -0.25) is 0 Å². The minimum atomic E-state index is -1.04. The van der Waals surface area contributed by atoms with Crippen LogP contribution in [0.4, 0.5) is 0 Å². The molecule has 2 aromatic rings. The molecule has 0 saturated carbocycles. The van der Waals surface area contributed by atoms with Gasteiger partial charge < -0.3 is 9.63 Å². The molecule has 74 valence electrons. The van der Waals surface area contributed by atoms with Crippen molar-refractivity contribution in [2.75, 3.05) is 0 Å². The Labute approximate surface area is 85.1 Å². The topological polar surface area (TPSA) is 63.3 Å². The third-order valence-corrected chi connectivity index (χ3v) is 2.60. The van der Waals surface area contributed by atoms with Crippen molar-refractivity contribution in [3.8, 4) is 11.1 Å². The highest BCUT2D eigenvalue weighted by molar-refractivity contribution is 5.96. The quantitative estimate of drug-likeness (QED) is 0.653. The van der Waals surface area contributed by atoms with Crippen LogP contribution in [0.2, 0.25) is 0 Å². The molecular formula is C11H7NO3. The van der Waals surface area contributed by atoms with Gasteiger partial charge in [-0.15, -0.1) is 0 Å². The summed E-state index contributed by atoms with van der Waals surface area (Å²) in [5.41, 5.74) is 2.66. The maximum Gasteiger partial charge on any atom is 0.358 e. The number of nitrogens with zero attached hydrogens (tertiary/aromatic N) is 1. The smallest absolute Gasteiger partial charge is 0.358 e. The molecule has 0 aliphatic heterocycles. The lowest BCUT2D eigenvalue weighted by Crippen LogP contribution is -1.98. The van der Waals surface area contributed by atoms with Gasteiger partial charge in [-0.05, 0) is 11.1 Å². The van der Waals surface area contributed by atoms with Crippen molar-refractivity contribution < 1.29 is 14.4 Å². The van der Waals surface area contributed by atoms with Crippen LogP contribution in [0.15, 0.2) is 28.8 Å². The number of aromatic nitrogens is 1. The maximum atomic E-state index is 10.9. The van der Waals surface area contributed by atoms with Crippen LogP contribution in [-0.2, 0) is 6.42 Å². The third-order valence-electron chi connectivity index (χ3n) is 2.60. The second kappa shape index (κ2) is 2.70. The summed E-state index contributed by atoms with van der Waals surface area (Å²) in [7, 11) is 0. The lowest BCUT2D eigenvalue weighted by molar-refractivity contribution is 0.0686. The number of hydrogen-bond donors (Lipinski definition) is 1. The summed E-state index contributed by atoms with van der Waals surface area (Å²) in [6, 6.07) is 7.67. The van der Waals surface area contributed by atoms with Crippen LogP contribution in [0.1, 0.15) is 21.8 Å². The van der Waals surface area contributed by atoms with Crippen LogP contribution in [0.5, 0.6) is 0 Å². The van der Waals surface area contributed by atoms with Gasteiger partial charge in [-0.25, -0.2) is 4.79 Å². The van der Waals surface area contributed by atoms with E-state index < -0.39 is 5.97 Å². The van der Waals surface area contributed by atoms with Crippen molar-refractivity contribution in [2.45, 2.75) is 6.42 Å². The molecule has 3 rings (SSSR count). The molecule has 1 aliphatic carbocycles. The molecule has 1 aliphatic rings. The monoisotopic (exact) mass is 201 g/mol. The average Bonchev–Trinajstić information content (AvgIpc) is 2.74. The van der Waals surface area contributed by atoms with E-state index in [1.165, 1.54) is 0 Å². The molecular weight excluding hydrogens is 194 g/mol. The van der Waals surface area contributed by atoms with Gasteiger partial charge in [-0.1, -0.05) is 29.4 Å². The van der Waals surface area contributed by atoms with E-state index >= 15 is 0 Å². The highest BCUT2D eigenvalue weighted by Crippen LogP contribution is 2.38. The Morgan fingerprint density at radius 1 is 1.40 bits per heavy atom. The highest BCUT2D eigenvalue weighted by atomic mass is 16.5. The summed E-state index contributed by atoms with van der Waals surface area (Å²) >= 11 is 0. The SMILES string of the molecule is O=C(O)c1noc2c1-c1ccccc1C2. The minimum absolute atomic E-state index is 0.00921. The van der Waals surface area contributed by atoms with Crippen molar-refractivity contribution in [3.63, 3.8) is 0 Å². The molecule has 0 radical (unpaired) electrons. The van der Waals surface area contributed by atoms with E-state index in [1.54, 1.807) is 0 Å². The molecule has 15 heavy (non-hydrogen) atoms. The first-order valence-electron chi connectivity index (χ1n) is 4.57. The standard InChI is InChI=1S/C11H7NO3/c13-11(14)10-9-7-4-2-1-3-6(7)5-8(9)15-12-10/h1-4H,5H2,(H,13,14). The number of hydrogen-bond acceptors (Lipinski definition) is 3. The van der Waals surface area contributed by atoms with E-state index in [-0.39, 0.29) is 5.69 Å². The van der Waals surface area contributed by atoms with E-state index in [0.717, 1.165) is 11.1 Å². The van der Waals surface area contributed by atoms with Crippen molar-refractivity contribution >= 4 is 5.97 Å². The summed E-state index contributed by atoms with van der Waals surface area (Å²) in [5.74, 6) is -0.398. The van der Waals surface area contributed by atoms with Gasteiger partial charge in [-0.2, -0.15) is 0 Å². The third kappa shape index (κ3) is 1.01. The second-order valence-corrected chi connectivity index (χ2v) is 3.47. The molecule has 0 atom stereocenters. The van der Waals surface area contributed by atoms with Gasteiger partial charge in [0.2, 0.25) is 0 Å². The number of rotatable bonds is 1. The molecule has 0 saturated heterocycles. The first-order chi connectivity index (χ1) is 7.27. The lowest BCUT2D eigenvalue weighted by atomic mass is 10.1. The number of carboxylic acids is 1. The van der Waals surface area contributed by atoms with Gasteiger partial charge in [0.05, 0.1) is 5.56 Å². The second-order valence-electron chi connectivity index (χ2n) is 3.47. The molecule has 1 aromatic carbocycles. The van der Waals surface area contributed by atoms with Gasteiger partial charge in [0.25, 0.3) is 0 Å². The van der Waals surface area contributed by atoms with Crippen molar-refractivity contribution in [1.29, 1.82) is 0 Å². The Kier molecular flexibility index (Phi) is 1.48. The Balaban J connectivity index is 2.29. The first kappa shape index (κ1) is 8.23. The molecule has 0 unspecified atom stereocenters. The lowest BCUT2D eigenvalue weighted by Gasteiger charge is -1.97. The Bertz CT molecular complexity index is 557. The van der Waals surface area contributed by atoms with E-state index in [9.17, 15) is 4.79 Å². The van der Waals surface area contributed by atoms with Crippen LogP contribution < -0.4 is 0 Å². The number of fused-ring (bicyclic) bond motifs is 3. The van der Waals surface area contributed by atoms with Gasteiger partial charge >= 0.3 is 5.97 Å². The van der Waals surface area contributed by atoms with Crippen molar-refractivity contribution in [2.24, 2.45) is 0 Å². The highest BCUT2D eigenvalue weighted by Gasteiger charge is 2.29. The summed E-state index contributed by atoms with van der Waals surface area (Å²) in [5, 5.41) is 12.5. The maximum absolute atomic E-state index is 10.9. The van der Waals surface area contributed by atoms with Gasteiger partial charge in [0, 0.05) is 6.42 Å². The normalized spacial score (nSPS) is 12.3. The molecule has 0 spiro atoms. The Morgan fingerprint density at radius 2 is 2.20 bits per heavy atom. The van der Waals surface area contributed by atoms with Gasteiger partial charge in [0.15, 0.2) is 5.69 Å². The Morgan fingerprint density at radius 3 is 3.00 bits per heavy atom. The number of carboxylic acid groups (broad SMARTS) is 1. The predicted octanol–water partition coefficient (Wildman–Crippen LogP) is 1.94. The molecule has 0 fully saturated rings. The predicted molar refractivity (Wildman–Crippen MR) is 51.7 cm³/mol. The largest absolute Gasteiger partial charge is 0.476 e. The van der Waals surface area contributed by atoms with E-state index in [2.05, 4.69) is 5.16 Å². The zero-order valence-electron chi connectivity index (χ0n) is 7.73. The van der Waals surface area contributed by atoms with Crippen LogP contribution >= 0.6 is 0 Å². The summed E-state index contributed by atoms with van der Waals surface area (Å²) in [6.45, 7) is 0. The minimum Gasteiger partial charge on any atom is -0.476 e. The number of carbonyl (C=O) groups is 1. The molecule has 0 bridgehead atoms. The van der Waals surface area contributed by atoms with E-state index in [1.807, 2.05) is 24.3 Å². The van der Waals surface area contributed by atoms with Gasteiger partial charge in [0.1, 0.15) is 5.76 Å². The fourth-order valence-electron chi connectivity index (χ4n) is 1.96. The summed E-state index contributed by atoms with van der Waals surface area (Å²) in [4.78, 5) is 10.9. The number of aromatic carboxylic acids is 1. The zero-order valence-corrected chi connectivity index (χ0v) is 7.73. The zero-order chi connectivity index (χ0) is 10.4. The van der Waals surface area contributed by atoms with E-state index in [4.69, 9.17) is 9.63 Å². The fourth-order valence-corrected chi connectivity index (χ4v) is 1.96. The van der Waals surface area contributed by atoms with E-state index in [0.29, 0.717) is 17.7 Å². The van der Waals surface area contributed by atoms with Crippen LogP contribution in [-0.4, -0.2) is 16.2 Å². The number of benzene rings is 1. The van der Waals surface area contributed by atoms with Crippen LogP contribution in [0, 0.1) is 0 Å². The summed E-state index contributed by atoms with van der Waals surface area (Å²) < 4.78 is 5.02. The molecule has 1 aromatic heterocycles. The molecule has 4 heteroatoms. The molecule has 1 N–H and O–H groups in total. The van der Waals surface area contributed by atoms with Crippen molar-refractivity contribution in [3.05, 3.63) is 41.3 Å².